The number of hydrogen-bond acceptors (Lipinski definition) is 7. The van der Waals surface area contributed by atoms with E-state index in [0.29, 0.717) is 47.5 Å². The zero-order chi connectivity index (χ0) is 21.5. The van der Waals surface area contributed by atoms with E-state index in [1.807, 2.05) is 0 Å². The fourth-order valence-corrected chi connectivity index (χ4v) is 2.72. The summed E-state index contributed by atoms with van der Waals surface area (Å²) in [6.07, 6.45) is 1.80. The molecule has 30 heavy (non-hydrogen) atoms. The molecule has 3 rings (SSSR count). The maximum absolute atomic E-state index is 12.3. The van der Waals surface area contributed by atoms with Crippen molar-refractivity contribution >= 4 is 23.6 Å². The van der Waals surface area contributed by atoms with Crippen LogP contribution in [0.3, 0.4) is 0 Å². The largest absolute Gasteiger partial charge is 0.497 e. The van der Waals surface area contributed by atoms with Crippen LogP contribution in [0.15, 0.2) is 42.5 Å². The quantitative estimate of drug-likeness (QED) is 0.551. The van der Waals surface area contributed by atoms with Crippen molar-refractivity contribution in [2.45, 2.75) is 13.0 Å². The molecule has 1 amide bonds. The number of hydrogen-bond donors (Lipinski definition) is 1. The molecule has 0 unspecified atom stereocenters. The van der Waals surface area contributed by atoms with Gasteiger partial charge in [-0.25, -0.2) is 4.79 Å². The summed E-state index contributed by atoms with van der Waals surface area (Å²) in [5.74, 6) is 1.25. The highest BCUT2D eigenvalue weighted by Gasteiger charge is 2.18. The first-order valence-electron chi connectivity index (χ1n) is 9.31. The van der Waals surface area contributed by atoms with E-state index < -0.39 is 18.0 Å². The van der Waals surface area contributed by atoms with Gasteiger partial charge >= 0.3 is 5.97 Å². The Morgan fingerprint density at radius 3 is 2.33 bits per heavy atom. The van der Waals surface area contributed by atoms with Crippen molar-refractivity contribution in [1.82, 2.24) is 0 Å². The highest BCUT2D eigenvalue weighted by molar-refractivity contribution is 5.96. The predicted octanol–water partition coefficient (Wildman–Crippen LogP) is 3.06. The molecule has 1 aliphatic heterocycles. The maximum atomic E-state index is 12.3. The van der Waals surface area contributed by atoms with Crippen LogP contribution in [0.2, 0.25) is 0 Å². The highest BCUT2D eigenvalue weighted by Crippen LogP contribution is 2.32. The van der Waals surface area contributed by atoms with E-state index in [1.54, 1.807) is 56.7 Å². The number of benzene rings is 2. The van der Waals surface area contributed by atoms with E-state index in [-0.39, 0.29) is 0 Å². The van der Waals surface area contributed by atoms with Crippen LogP contribution in [-0.2, 0) is 14.3 Å². The molecular formula is C22H23NO7. The van der Waals surface area contributed by atoms with Gasteiger partial charge in [0.1, 0.15) is 24.7 Å². The molecule has 1 heterocycles. The number of carbonyl (C=O) groups excluding carboxylic acids is 2. The molecule has 0 saturated heterocycles. The molecule has 8 nitrogen and oxygen atoms in total. The molecule has 0 bridgehead atoms. The molecule has 8 heteroatoms. The lowest BCUT2D eigenvalue weighted by Crippen LogP contribution is -2.29. The number of carbonyl (C=O) groups is 2. The van der Waals surface area contributed by atoms with E-state index in [2.05, 4.69) is 5.32 Å². The van der Waals surface area contributed by atoms with Crippen molar-refractivity contribution in [2.75, 3.05) is 32.8 Å². The second-order valence-electron chi connectivity index (χ2n) is 6.41. The van der Waals surface area contributed by atoms with Crippen LogP contribution < -0.4 is 24.3 Å². The number of anilines is 1. The summed E-state index contributed by atoms with van der Waals surface area (Å²) in [7, 11) is 3.08. The van der Waals surface area contributed by atoms with Gasteiger partial charge in [-0.1, -0.05) is 0 Å². The van der Waals surface area contributed by atoms with Crippen molar-refractivity contribution < 1.29 is 33.3 Å². The van der Waals surface area contributed by atoms with Gasteiger partial charge in [-0.3, -0.25) is 4.79 Å². The Morgan fingerprint density at radius 1 is 1.00 bits per heavy atom. The zero-order valence-electron chi connectivity index (χ0n) is 17.0. The average molecular weight is 413 g/mol. The Morgan fingerprint density at radius 2 is 1.67 bits per heavy atom. The summed E-state index contributed by atoms with van der Waals surface area (Å²) >= 11 is 0. The van der Waals surface area contributed by atoms with Crippen LogP contribution in [0, 0.1) is 0 Å². The number of nitrogens with one attached hydrogen (secondary N) is 1. The van der Waals surface area contributed by atoms with Gasteiger partial charge in [0.05, 0.1) is 14.2 Å². The van der Waals surface area contributed by atoms with Crippen LogP contribution >= 0.6 is 0 Å². The SMILES string of the molecule is COc1cc(/C=C/C(=O)O[C@H](C)C(=O)Nc2ccc3c(c2)OCCO3)cc(OC)c1. The monoisotopic (exact) mass is 413 g/mol. The topological polar surface area (TPSA) is 92.3 Å². The van der Waals surface area contributed by atoms with Crippen molar-refractivity contribution in [1.29, 1.82) is 0 Å². The molecule has 0 fully saturated rings. The third-order valence-electron chi connectivity index (χ3n) is 4.26. The summed E-state index contributed by atoms with van der Waals surface area (Å²) in [4.78, 5) is 24.4. The number of rotatable bonds is 7. The minimum atomic E-state index is -0.991. The lowest BCUT2D eigenvalue weighted by atomic mass is 10.2. The minimum Gasteiger partial charge on any atom is -0.497 e. The number of ether oxygens (including phenoxy) is 5. The molecule has 2 aromatic carbocycles. The second-order valence-corrected chi connectivity index (χ2v) is 6.41. The molecule has 1 N–H and O–H groups in total. The molecule has 0 radical (unpaired) electrons. The molecule has 0 saturated carbocycles. The van der Waals surface area contributed by atoms with Crippen LogP contribution in [0.4, 0.5) is 5.69 Å². The van der Waals surface area contributed by atoms with E-state index in [4.69, 9.17) is 23.7 Å². The van der Waals surface area contributed by atoms with Gasteiger partial charge in [0.15, 0.2) is 17.6 Å². The standard InChI is InChI=1S/C22H23NO7/c1-14(22(25)23-16-5-6-19-20(12-16)29-9-8-28-19)30-21(24)7-4-15-10-17(26-2)13-18(11-15)27-3/h4-7,10-14H,8-9H2,1-3H3,(H,23,25)/b7-4+/t14-/m1/s1. The lowest BCUT2D eigenvalue weighted by Gasteiger charge is -2.19. The fraction of sp³-hybridized carbons (Fsp3) is 0.273. The van der Waals surface area contributed by atoms with Gasteiger partial charge in [0.25, 0.3) is 5.91 Å². The Balaban J connectivity index is 1.57. The third kappa shape index (κ3) is 5.44. The average Bonchev–Trinajstić information content (AvgIpc) is 2.77. The van der Waals surface area contributed by atoms with Gasteiger partial charge in [-0.15, -0.1) is 0 Å². The number of fused-ring (bicyclic) bond motifs is 1. The van der Waals surface area contributed by atoms with Crippen molar-refractivity contribution in [2.24, 2.45) is 0 Å². The van der Waals surface area contributed by atoms with Gasteiger partial charge < -0.3 is 29.0 Å². The van der Waals surface area contributed by atoms with Crippen molar-refractivity contribution in [3.05, 3.63) is 48.0 Å². The number of methoxy groups -OCH3 is 2. The Kier molecular flexibility index (Phi) is 6.79. The molecule has 158 valence electrons. The molecule has 0 aliphatic carbocycles. The van der Waals surface area contributed by atoms with Crippen molar-refractivity contribution in [3.8, 4) is 23.0 Å². The lowest BCUT2D eigenvalue weighted by molar-refractivity contribution is -0.148. The van der Waals surface area contributed by atoms with E-state index in [9.17, 15) is 9.59 Å². The molecule has 1 aliphatic rings. The summed E-state index contributed by atoms with van der Waals surface area (Å²) in [5, 5.41) is 2.69. The van der Waals surface area contributed by atoms with Gasteiger partial charge in [0.2, 0.25) is 0 Å². The van der Waals surface area contributed by atoms with Crippen LogP contribution in [0.5, 0.6) is 23.0 Å². The normalized spacial score (nSPS) is 13.4. The van der Waals surface area contributed by atoms with Gasteiger partial charge in [0, 0.05) is 23.9 Å². The fourth-order valence-electron chi connectivity index (χ4n) is 2.72. The molecule has 1 atom stereocenters. The second kappa shape index (κ2) is 9.69. The summed E-state index contributed by atoms with van der Waals surface area (Å²) in [6.45, 7) is 2.43. The molecular weight excluding hydrogens is 390 g/mol. The van der Waals surface area contributed by atoms with Crippen LogP contribution in [0.1, 0.15) is 12.5 Å². The predicted molar refractivity (Wildman–Crippen MR) is 110 cm³/mol. The van der Waals surface area contributed by atoms with Gasteiger partial charge in [-0.05, 0) is 42.8 Å². The Hall–Kier alpha value is -3.68. The Bertz CT molecular complexity index is 932. The molecule has 0 spiro atoms. The number of esters is 1. The van der Waals surface area contributed by atoms with Crippen LogP contribution in [0.25, 0.3) is 6.08 Å². The van der Waals surface area contributed by atoms with Crippen molar-refractivity contribution in [3.63, 3.8) is 0 Å². The smallest absolute Gasteiger partial charge is 0.331 e. The molecule has 0 aromatic heterocycles. The summed E-state index contributed by atoms with van der Waals surface area (Å²) < 4.78 is 26.5. The van der Waals surface area contributed by atoms with E-state index in [1.165, 1.54) is 13.0 Å². The first-order chi connectivity index (χ1) is 14.5. The Labute approximate surface area is 174 Å². The highest BCUT2D eigenvalue weighted by atomic mass is 16.6. The maximum Gasteiger partial charge on any atom is 0.331 e. The van der Waals surface area contributed by atoms with Gasteiger partial charge in [-0.2, -0.15) is 0 Å². The van der Waals surface area contributed by atoms with E-state index >= 15 is 0 Å². The molecule has 2 aromatic rings. The zero-order valence-corrected chi connectivity index (χ0v) is 17.0. The third-order valence-corrected chi connectivity index (χ3v) is 4.26. The van der Waals surface area contributed by atoms with Crippen LogP contribution in [-0.4, -0.2) is 45.4 Å². The summed E-state index contributed by atoms with van der Waals surface area (Å²) in [6, 6.07) is 10.3. The minimum absolute atomic E-state index is 0.448. The first kappa shape index (κ1) is 21.0. The van der Waals surface area contributed by atoms with E-state index in [0.717, 1.165) is 0 Å². The summed E-state index contributed by atoms with van der Waals surface area (Å²) in [5.41, 5.74) is 1.21. The number of amides is 1. The first-order valence-corrected chi connectivity index (χ1v) is 9.31.